The normalized spacial score (nSPS) is 19.2. The highest BCUT2D eigenvalue weighted by Gasteiger charge is 2.49. The van der Waals surface area contributed by atoms with Crippen molar-refractivity contribution in [2.24, 2.45) is 5.41 Å². The lowest BCUT2D eigenvalue weighted by Gasteiger charge is -2.13. The molecule has 0 saturated heterocycles. The Morgan fingerprint density at radius 1 is 1.35 bits per heavy atom. The number of ether oxygens (including phenoxy) is 2. The van der Waals surface area contributed by atoms with E-state index in [1.165, 1.54) is 0 Å². The maximum Gasteiger partial charge on any atom is 0.231 e. The zero-order valence-corrected chi connectivity index (χ0v) is 9.66. The van der Waals surface area contributed by atoms with Crippen molar-refractivity contribution in [3.8, 4) is 11.5 Å². The van der Waals surface area contributed by atoms with Crippen molar-refractivity contribution in [3.63, 3.8) is 0 Å². The molecule has 0 amide bonds. The van der Waals surface area contributed by atoms with Crippen LogP contribution >= 0.6 is 0 Å². The molecule has 2 aliphatic rings. The number of aryl methyl sites for hydroxylation is 1. The third kappa shape index (κ3) is 1.52. The van der Waals surface area contributed by atoms with Crippen molar-refractivity contribution in [1.82, 2.24) is 0 Å². The summed E-state index contributed by atoms with van der Waals surface area (Å²) in [5.74, 6) is 1.33. The number of hydrogen-bond donors (Lipinski definition) is 1. The standard InChI is InChI=1S/C13H14O4/c1-8-4-10-11(17-7-16-10)5-9(8)12(15)13(6-14)2-3-13/h4-5,14H,2-3,6-7H2,1H3. The molecule has 4 heteroatoms. The van der Waals surface area contributed by atoms with Gasteiger partial charge < -0.3 is 14.6 Å². The van der Waals surface area contributed by atoms with Crippen LogP contribution in [0.1, 0.15) is 28.8 Å². The van der Waals surface area contributed by atoms with Gasteiger partial charge in [0.1, 0.15) is 0 Å². The SMILES string of the molecule is Cc1cc2c(cc1C(=O)C1(CO)CC1)OCO2. The van der Waals surface area contributed by atoms with Gasteiger partial charge in [0.25, 0.3) is 0 Å². The number of ketones is 1. The van der Waals surface area contributed by atoms with Crippen LogP contribution in [0.4, 0.5) is 0 Å². The average Bonchev–Trinajstić information content (AvgIpc) is 3.01. The zero-order valence-electron chi connectivity index (χ0n) is 9.66. The number of aliphatic hydroxyl groups excluding tert-OH is 1. The second-order valence-electron chi connectivity index (χ2n) is 4.79. The molecule has 0 unspecified atom stereocenters. The van der Waals surface area contributed by atoms with Crippen LogP contribution < -0.4 is 9.47 Å². The van der Waals surface area contributed by atoms with E-state index in [4.69, 9.17) is 9.47 Å². The van der Waals surface area contributed by atoms with Gasteiger partial charge in [-0.25, -0.2) is 0 Å². The predicted octanol–water partition coefficient (Wildman–Crippen LogP) is 1.68. The van der Waals surface area contributed by atoms with Gasteiger partial charge in [-0.1, -0.05) is 0 Å². The van der Waals surface area contributed by atoms with Gasteiger partial charge in [-0.05, 0) is 37.5 Å². The van der Waals surface area contributed by atoms with E-state index in [9.17, 15) is 9.90 Å². The summed E-state index contributed by atoms with van der Waals surface area (Å²) in [5.41, 5.74) is 0.984. The first-order valence-electron chi connectivity index (χ1n) is 5.72. The van der Waals surface area contributed by atoms with Crippen LogP contribution in [0.2, 0.25) is 0 Å². The fraction of sp³-hybridized carbons (Fsp3) is 0.462. The molecule has 17 heavy (non-hydrogen) atoms. The highest BCUT2D eigenvalue weighted by Crippen LogP contribution is 2.49. The van der Waals surface area contributed by atoms with Crippen LogP contribution in [0.3, 0.4) is 0 Å². The number of benzene rings is 1. The van der Waals surface area contributed by atoms with Crippen LogP contribution in [-0.2, 0) is 0 Å². The van der Waals surface area contributed by atoms with Gasteiger partial charge in [0.05, 0.1) is 12.0 Å². The average molecular weight is 234 g/mol. The quantitative estimate of drug-likeness (QED) is 0.808. The van der Waals surface area contributed by atoms with Gasteiger partial charge in [0, 0.05) is 5.56 Å². The number of Topliss-reactive ketones (excluding diaryl/α,β-unsaturated/α-hetero) is 1. The molecule has 0 radical (unpaired) electrons. The molecule has 1 aromatic carbocycles. The molecule has 0 spiro atoms. The highest BCUT2D eigenvalue weighted by molar-refractivity contribution is 6.04. The van der Waals surface area contributed by atoms with Crippen molar-refractivity contribution < 1.29 is 19.4 Å². The van der Waals surface area contributed by atoms with Gasteiger partial charge in [0.2, 0.25) is 6.79 Å². The Morgan fingerprint density at radius 2 is 2.00 bits per heavy atom. The van der Waals surface area contributed by atoms with Gasteiger partial charge in [0.15, 0.2) is 17.3 Å². The summed E-state index contributed by atoms with van der Waals surface area (Å²) in [4.78, 5) is 12.3. The Bertz CT molecular complexity index is 488. The monoisotopic (exact) mass is 234 g/mol. The van der Waals surface area contributed by atoms with E-state index in [-0.39, 0.29) is 19.2 Å². The Morgan fingerprint density at radius 3 is 2.59 bits per heavy atom. The minimum Gasteiger partial charge on any atom is -0.454 e. The lowest BCUT2D eigenvalue weighted by Crippen LogP contribution is -2.20. The zero-order chi connectivity index (χ0) is 12.0. The van der Waals surface area contributed by atoms with E-state index in [1.807, 2.05) is 13.0 Å². The van der Waals surface area contributed by atoms with Crippen LogP contribution in [0.25, 0.3) is 0 Å². The van der Waals surface area contributed by atoms with Crippen molar-refractivity contribution in [2.45, 2.75) is 19.8 Å². The third-order valence-electron chi connectivity index (χ3n) is 3.60. The lowest BCUT2D eigenvalue weighted by molar-refractivity contribution is 0.0828. The Balaban J connectivity index is 2.01. The van der Waals surface area contributed by atoms with E-state index in [1.54, 1.807) is 6.07 Å². The number of carbonyl (C=O) groups is 1. The highest BCUT2D eigenvalue weighted by atomic mass is 16.7. The summed E-state index contributed by atoms with van der Waals surface area (Å²) < 4.78 is 10.5. The van der Waals surface area contributed by atoms with Crippen LogP contribution in [0.5, 0.6) is 11.5 Å². The van der Waals surface area contributed by atoms with Crippen molar-refractivity contribution in [1.29, 1.82) is 0 Å². The smallest absolute Gasteiger partial charge is 0.231 e. The molecule has 1 N–H and O–H groups in total. The van der Waals surface area contributed by atoms with Crippen molar-refractivity contribution >= 4 is 5.78 Å². The number of aliphatic hydroxyl groups is 1. The summed E-state index contributed by atoms with van der Waals surface area (Å²) in [6.07, 6.45) is 1.55. The molecule has 1 aromatic rings. The summed E-state index contributed by atoms with van der Waals surface area (Å²) >= 11 is 0. The first-order chi connectivity index (χ1) is 8.16. The van der Waals surface area contributed by atoms with Gasteiger partial charge >= 0.3 is 0 Å². The Labute approximate surface area is 99.2 Å². The topological polar surface area (TPSA) is 55.8 Å². The molecule has 90 valence electrons. The van der Waals surface area contributed by atoms with E-state index in [0.717, 1.165) is 18.4 Å². The maximum absolute atomic E-state index is 12.3. The maximum atomic E-state index is 12.3. The largest absolute Gasteiger partial charge is 0.454 e. The van der Waals surface area contributed by atoms with E-state index in [2.05, 4.69) is 0 Å². The molecular weight excluding hydrogens is 220 g/mol. The van der Waals surface area contributed by atoms with Crippen molar-refractivity contribution in [2.75, 3.05) is 13.4 Å². The molecule has 1 heterocycles. The third-order valence-corrected chi connectivity index (χ3v) is 3.60. The summed E-state index contributed by atoms with van der Waals surface area (Å²) in [6, 6.07) is 3.55. The molecular formula is C13H14O4. The predicted molar refractivity (Wildman–Crippen MR) is 60.4 cm³/mol. The number of hydrogen-bond acceptors (Lipinski definition) is 4. The molecule has 1 aliphatic carbocycles. The number of carbonyl (C=O) groups excluding carboxylic acids is 1. The fourth-order valence-corrected chi connectivity index (χ4v) is 2.18. The first kappa shape index (κ1) is 10.6. The van der Waals surface area contributed by atoms with Crippen LogP contribution in [0, 0.1) is 12.3 Å². The summed E-state index contributed by atoms with van der Waals surface area (Å²) in [7, 11) is 0. The van der Waals surface area contributed by atoms with Gasteiger partial charge in [-0.15, -0.1) is 0 Å². The first-order valence-corrected chi connectivity index (χ1v) is 5.72. The molecule has 4 nitrogen and oxygen atoms in total. The number of fused-ring (bicyclic) bond motifs is 1. The Kier molecular flexibility index (Phi) is 2.16. The minimum absolute atomic E-state index is 0.0239. The molecule has 3 rings (SSSR count). The molecule has 0 aromatic heterocycles. The van der Waals surface area contributed by atoms with Crippen LogP contribution in [0.15, 0.2) is 12.1 Å². The van der Waals surface area contributed by atoms with Gasteiger partial charge in [-0.2, -0.15) is 0 Å². The Hall–Kier alpha value is -1.55. The molecule has 0 bridgehead atoms. The van der Waals surface area contributed by atoms with E-state index < -0.39 is 5.41 Å². The van der Waals surface area contributed by atoms with Gasteiger partial charge in [-0.3, -0.25) is 4.79 Å². The number of rotatable bonds is 3. The molecule has 1 fully saturated rings. The second-order valence-corrected chi connectivity index (χ2v) is 4.79. The van der Waals surface area contributed by atoms with E-state index in [0.29, 0.717) is 17.1 Å². The second kappa shape index (κ2) is 3.47. The molecule has 1 saturated carbocycles. The fourth-order valence-electron chi connectivity index (χ4n) is 2.18. The summed E-state index contributed by atoms with van der Waals surface area (Å²) in [6.45, 7) is 2.01. The van der Waals surface area contributed by atoms with E-state index >= 15 is 0 Å². The van der Waals surface area contributed by atoms with Crippen molar-refractivity contribution in [3.05, 3.63) is 23.3 Å². The molecule has 0 atom stereocenters. The molecule has 1 aliphatic heterocycles. The minimum atomic E-state index is -0.529. The summed E-state index contributed by atoms with van der Waals surface area (Å²) in [5, 5.41) is 9.30. The van der Waals surface area contributed by atoms with Crippen LogP contribution in [-0.4, -0.2) is 24.3 Å². The lowest BCUT2D eigenvalue weighted by atomic mass is 9.92.